The molecule has 0 aliphatic rings. The number of pyridine rings is 1. The van der Waals surface area contributed by atoms with Crippen molar-refractivity contribution in [3.63, 3.8) is 0 Å². The molecule has 2 nitrogen and oxygen atoms in total. The molecule has 0 fully saturated rings. The first-order valence-electron chi connectivity index (χ1n) is 6.01. The highest BCUT2D eigenvalue weighted by Gasteiger charge is 2.06. The van der Waals surface area contributed by atoms with Crippen molar-refractivity contribution in [3.05, 3.63) is 41.6 Å². The van der Waals surface area contributed by atoms with E-state index in [0.29, 0.717) is 6.42 Å². The molecule has 0 atom stereocenters. The molecule has 0 N–H and O–H groups in total. The number of hydrogen-bond acceptors (Lipinski definition) is 2. The zero-order valence-corrected chi connectivity index (χ0v) is 10.4. The van der Waals surface area contributed by atoms with E-state index in [1.54, 1.807) is 6.92 Å². The minimum absolute atomic E-state index is 0.260. The molecule has 0 aliphatic carbocycles. The van der Waals surface area contributed by atoms with E-state index in [4.69, 9.17) is 0 Å². The second-order valence-corrected chi connectivity index (χ2v) is 4.49. The van der Waals surface area contributed by atoms with Gasteiger partial charge in [0.25, 0.3) is 0 Å². The molecule has 0 saturated heterocycles. The number of benzene rings is 1. The van der Waals surface area contributed by atoms with Crippen LogP contribution in [0.4, 0.5) is 0 Å². The number of ketones is 1. The summed E-state index contributed by atoms with van der Waals surface area (Å²) in [5, 5.41) is 1.18. The number of carbonyl (C=O) groups is 1. The van der Waals surface area contributed by atoms with Gasteiger partial charge in [0.15, 0.2) is 0 Å². The first-order chi connectivity index (χ1) is 8.18. The van der Waals surface area contributed by atoms with Crippen LogP contribution in [-0.2, 0) is 11.2 Å². The molecule has 0 aliphatic heterocycles. The van der Waals surface area contributed by atoms with Gasteiger partial charge in [-0.3, -0.25) is 4.98 Å². The molecule has 0 spiro atoms. The highest BCUT2D eigenvalue weighted by Crippen LogP contribution is 2.21. The lowest BCUT2D eigenvalue weighted by molar-refractivity contribution is -0.117. The molecule has 2 rings (SSSR count). The summed E-state index contributed by atoms with van der Waals surface area (Å²) in [4.78, 5) is 15.4. The Hall–Kier alpha value is -1.70. The predicted molar refractivity (Wildman–Crippen MR) is 70.1 cm³/mol. The lowest BCUT2D eigenvalue weighted by Gasteiger charge is -2.08. The summed E-state index contributed by atoms with van der Waals surface area (Å²) in [6, 6.07) is 8.27. The summed E-state index contributed by atoms with van der Waals surface area (Å²) in [7, 11) is 0. The van der Waals surface area contributed by atoms with E-state index in [1.807, 2.05) is 12.3 Å². The molecule has 1 aromatic heterocycles. The number of nitrogens with zero attached hydrogens (tertiary/aromatic N) is 1. The van der Waals surface area contributed by atoms with Crippen molar-refractivity contribution in [3.8, 4) is 0 Å². The zero-order valence-electron chi connectivity index (χ0n) is 10.4. The van der Waals surface area contributed by atoms with Crippen molar-refractivity contribution in [1.82, 2.24) is 4.98 Å². The van der Waals surface area contributed by atoms with Gasteiger partial charge in [0, 0.05) is 18.0 Å². The molecule has 88 valence electrons. The van der Waals surface area contributed by atoms with Crippen molar-refractivity contribution in [2.75, 3.05) is 0 Å². The van der Waals surface area contributed by atoms with Gasteiger partial charge in [-0.1, -0.05) is 18.2 Å². The number of fused-ring (bicyclic) bond motifs is 1. The van der Waals surface area contributed by atoms with E-state index < -0.39 is 0 Å². The Balaban J connectivity index is 2.31. The minimum Gasteiger partial charge on any atom is -0.300 e. The molecule has 0 saturated carbocycles. The van der Waals surface area contributed by atoms with Gasteiger partial charge in [-0.2, -0.15) is 0 Å². The van der Waals surface area contributed by atoms with Crippen LogP contribution in [0.15, 0.2) is 30.5 Å². The van der Waals surface area contributed by atoms with E-state index in [9.17, 15) is 4.79 Å². The van der Waals surface area contributed by atoms with Crippen LogP contribution in [-0.4, -0.2) is 10.8 Å². The van der Waals surface area contributed by atoms with Crippen molar-refractivity contribution in [2.24, 2.45) is 0 Å². The average molecular weight is 227 g/mol. The Labute approximate surface area is 102 Å². The van der Waals surface area contributed by atoms with Crippen molar-refractivity contribution in [2.45, 2.75) is 33.1 Å². The summed E-state index contributed by atoms with van der Waals surface area (Å²) in [6.45, 7) is 3.76. The van der Waals surface area contributed by atoms with Crippen molar-refractivity contribution >= 4 is 16.7 Å². The van der Waals surface area contributed by atoms with Crippen molar-refractivity contribution < 1.29 is 4.79 Å². The summed E-state index contributed by atoms with van der Waals surface area (Å²) >= 11 is 0. The van der Waals surface area contributed by atoms with Gasteiger partial charge in [0.1, 0.15) is 5.78 Å². The smallest absolute Gasteiger partial charge is 0.129 e. The van der Waals surface area contributed by atoms with Gasteiger partial charge < -0.3 is 4.79 Å². The van der Waals surface area contributed by atoms with Crippen LogP contribution in [0, 0.1) is 6.92 Å². The predicted octanol–water partition coefficient (Wildman–Crippen LogP) is 3.45. The molecular formula is C15H17NO. The first-order valence-corrected chi connectivity index (χ1v) is 6.01. The SMILES string of the molecule is CC(=O)CCCc1c(C)ccc2cccnc12. The number of carbonyl (C=O) groups excluding carboxylic acids is 1. The fourth-order valence-corrected chi connectivity index (χ4v) is 2.14. The highest BCUT2D eigenvalue weighted by atomic mass is 16.1. The third kappa shape index (κ3) is 2.70. The molecular weight excluding hydrogens is 210 g/mol. The quantitative estimate of drug-likeness (QED) is 0.800. The largest absolute Gasteiger partial charge is 0.300 e. The van der Waals surface area contributed by atoms with Crippen LogP contribution < -0.4 is 0 Å². The highest BCUT2D eigenvalue weighted by molar-refractivity contribution is 5.82. The fraction of sp³-hybridized carbons (Fsp3) is 0.333. The molecule has 1 aromatic carbocycles. The summed E-state index contributed by atoms with van der Waals surface area (Å²) in [5.74, 6) is 0.260. The number of Topliss-reactive ketones (excluding diaryl/α,β-unsaturated/α-hetero) is 1. The van der Waals surface area contributed by atoms with E-state index in [-0.39, 0.29) is 5.78 Å². The molecule has 1 heterocycles. The van der Waals surface area contributed by atoms with E-state index in [0.717, 1.165) is 18.4 Å². The topological polar surface area (TPSA) is 30.0 Å². The molecule has 17 heavy (non-hydrogen) atoms. The Morgan fingerprint density at radius 1 is 1.29 bits per heavy atom. The zero-order chi connectivity index (χ0) is 12.3. The number of aromatic nitrogens is 1. The lowest BCUT2D eigenvalue weighted by Crippen LogP contribution is -1.97. The monoisotopic (exact) mass is 227 g/mol. The van der Waals surface area contributed by atoms with Crippen LogP contribution in [0.25, 0.3) is 10.9 Å². The molecule has 0 bridgehead atoms. The summed E-state index contributed by atoms with van der Waals surface area (Å²) in [5.41, 5.74) is 3.63. The second-order valence-electron chi connectivity index (χ2n) is 4.49. The maximum absolute atomic E-state index is 11.0. The van der Waals surface area contributed by atoms with Crippen LogP contribution >= 0.6 is 0 Å². The van der Waals surface area contributed by atoms with Gasteiger partial charge in [0.2, 0.25) is 0 Å². The maximum Gasteiger partial charge on any atom is 0.129 e. The van der Waals surface area contributed by atoms with Crippen LogP contribution in [0.5, 0.6) is 0 Å². The van der Waals surface area contributed by atoms with Gasteiger partial charge in [-0.15, -0.1) is 0 Å². The minimum atomic E-state index is 0.260. The van der Waals surface area contributed by atoms with E-state index >= 15 is 0 Å². The van der Waals surface area contributed by atoms with Gasteiger partial charge in [0.05, 0.1) is 5.52 Å². The van der Waals surface area contributed by atoms with Crippen LogP contribution in [0.2, 0.25) is 0 Å². The number of hydrogen-bond donors (Lipinski definition) is 0. The standard InChI is InChI=1S/C15H17NO/c1-11-8-9-13-6-4-10-16-15(13)14(11)7-3-5-12(2)17/h4,6,8-10H,3,5,7H2,1-2H3. The number of rotatable bonds is 4. The third-order valence-electron chi connectivity index (χ3n) is 3.07. The Morgan fingerprint density at radius 2 is 2.12 bits per heavy atom. The summed E-state index contributed by atoms with van der Waals surface area (Å²) < 4.78 is 0. The molecule has 0 amide bonds. The van der Waals surface area contributed by atoms with E-state index in [1.165, 1.54) is 16.5 Å². The molecule has 0 unspecified atom stereocenters. The Kier molecular flexibility index (Phi) is 3.52. The normalized spacial score (nSPS) is 10.7. The average Bonchev–Trinajstić information content (AvgIpc) is 2.32. The Morgan fingerprint density at radius 3 is 2.88 bits per heavy atom. The lowest BCUT2D eigenvalue weighted by atomic mass is 9.98. The van der Waals surface area contributed by atoms with Gasteiger partial charge in [-0.05, 0) is 43.9 Å². The maximum atomic E-state index is 11.0. The second kappa shape index (κ2) is 5.09. The van der Waals surface area contributed by atoms with Crippen molar-refractivity contribution in [1.29, 1.82) is 0 Å². The fourth-order valence-electron chi connectivity index (χ4n) is 2.14. The summed E-state index contributed by atoms with van der Waals surface area (Å²) in [6.07, 6.45) is 4.32. The van der Waals surface area contributed by atoms with Gasteiger partial charge >= 0.3 is 0 Å². The third-order valence-corrected chi connectivity index (χ3v) is 3.07. The van der Waals surface area contributed by atoms with Crippen LogP contribution in [0.3, 0.4) is 0 Å². The first kappa shape index (κ1) is 11.8. The van der Waals surface area contributed by atoms with Gasteiger partial charge in [-0.25, -0.2) is 0 Å². The molecule has 2 aromatic rings. The molecule has 2 heteroatoms. The van der Waals surface area contributed by atoms with Crippen LogP contribution in [0.1, 0.15) is 30.9 Å². The Bertz CT molecular complexity index is 546. The number of aryl methyl sites for hydroxylation is 2. The molecule has 0 radical (unpaired) electrons. The van der Waals surface area contributed by atoms with E-state index in [2.05, 4.69) is 30.1 Å².